The molecule has 2 nitrogen and oxygen atoms in total. The van der Waals surface area contributed by atoms with Crippen molar-refractivity contribution < 1.29 is 4.42 Å². The summed E-state index contributed by atoms with van der Waals surface area (Å²) in [6, 6.07) is 3.54. The summed E-state index contributed by atoms with van der Waals surface area (Å²) in [4.78, 5) is 0. The van der Waals surface area contributed by atoms with Gasteiger partial charge < -0.3 is 9.73 Å². The van der Waals surface area contributed by atoms with Gasteiger partial charge in [0.15, 0.2) is 0 Å². The van der Waals surface area contributed by atoms with Gasteiger partial charge in [0, 0.05) is 24.1 Å². The van der Waals surface area contributed by atoms with Gasteiger partial charge in [-0.15, -0.1) is 0 Å². The van der Waals surface area contributed by atoms with Crippen LogP contribution in [0.15, 0.2) is 10.5 Å². The van der Waals surface area contributed by atoms with E-state index < -0.39 is 0 Å². The molecule has 110 valence electrons. The van der Waals surface area contributed by atoms with Gasteiger partial charge >= 0.3 is 0 Å². The fraction of sp³-hybridized carbons (Fsp3) is 0.778. The van der Waals surface area contributed by atoms with Crippen LogP contribution in [0.4, 0.5) is 0 Å². The van der Waals surface area contributed by atoms with Crippen molar-refractivity contribution in [3.05, 3.63) is 23.2 Å². The summed E-state index contributed by atoms with van der Waals surface area (Å²) in [5.74, 6) is 4.27. The summed E-state index contributed by atoms with van der Waals surface area (Å²) in [7, 11) is 0. The Morgan fingerprint density at radius 2 is 2.10 bits per heavy atom. The zero-order valence-electron chi connectivity index (χ0n) is 13.0. The van der Waals surface area contributed by atoms with Crippen LogP contribution in [0, 0.1) is 24.2 Å². The molecule has 0 radical (unpaired) electrons. The minimum absolute atomic E-state index is 0.354. The maximum atomic E-state index is 5.96. The predicted molar refractivity (Wildman–Crippen MR) is 80.7 cm³/mol. The molecule has 2 heteroatoms. The van der Waals surface area contributed by atoms with Gasteiger partial charge in [-0.3, -0.25) is 0 Å². The lowest BCUT2D eigenvalue weighted by Gasteiger charge is -2.37. The van der Waals surface area contributed by atoms with E-state index in [1.54, 1.807) is 0 Å². The molecule has 4 atom stereocenters. The van der Waals surface area contributed by atoms with Gasteiger partial charge in [0.1, 0.15) is 11.5 Å². The molecule has 1 heterocycles. The van der Waals surface area contributed by atoms with E-state index in [0.717, 1.165) is 30.1 Å². The Bertz CT molecular complexity index is 515. The first-order chi connectivity index (χ1) is 9.50. The Morgan fingerprint density at radius 1 is 1.25 bits per heavy atom. The van der Waals surface area contributed by atoms with Gasteiger partial charge in [0.25, 0.3) is 0 Å². The predicted octanol–water partition coefficient (Wildman–Crippen LogP) is 4.38. The lowest BCUT2D eigenvalue weighted by molar-refractivity contribution is 0.209. The molecule has 2 fully saturated rings. The SMILES string of the molecule is Cc1cc2c(o1)CC(C)(C)CC2NC1CC2CCC1C2. The summed E-state index contributed by atoms with van der Waals surface area (Å²) in [5.41, 5.74) is 1.80. The molecular weight excluding hydrogens is 246 g/mol. The first-order valence-electron chi connectivity index (χ1n) is 8.35. The Balaban J connectivity index is 1.57. The summed E-state index contributed by atoms with van der Waals surface area (Å²) in [5, 5.41) is 4.01. The van der Waals surface area contributed by atoms with Crippen molar-refractivity contribution in [2.45, 2.75) is 71.4 Å². The second-order valence-corrected chi connectivity index (χ2v) is 8.28. The zero-order chi connectivity index (χ0) is 13.9. The topological polar surface area (TPSA) is 25.2 Å². The molecule has 0 spiro atoms. The molecule has 1 aromatic heterocycles. The zero-order valence-corrected chi connectivity index (χ0v) is 13.0. The van der Waals surface area contributed by atoms with Crippen molar-refractivity contribution in [3.63, 3.8) is 0 Å². The highest BCUT2D eigenvalue weighted by atomic mass is 16.3. The molecule has 0 aromatic carbocycles. The van der Waals surface area contributed by atoms with Gasteiger partial charge in [0.2, 0.25) is 0 Å². The molecule has 1 aromatic rings. The highest BCUT2D eigenvalue weighted by molar-refractivity contribution is 5.29. The number of fused-ring (bicyclic) bond motifs is 3. The van der Waals surface area contributed by atoms with E-state index in [9.17, 15) is 0 Å². The van der Waals surface area contributed by atoms with Crippen molar-refractivity contribution in [1.82, 2.24) is 5.32 Å². The van der Waals surface area contributed by atoms with E-state index >= 15 is 0 Å². The Labute approximate surface area is 122 Å². The Hall–Kier alpha value is -0.760. The highest BCUT2D eigenvalue weighted by Crippen LogP contribution is 2.47. The van der Waals surface area contributed by atoms with E-state index in [4.69, 9.17) is 4.42 Å². The van der Waals surface area contributed by atoms with Gasteiger partial charge in [-0.05, 0) is 55.9 Å². The third-order valence-corrected chi connectivity index (χ3v) is 5.89. The summed E-state index contributed by atoms with van der Waals surface area (Å²) < 4.78 is 5.96. The minimum atomic E-state index is 0.354. The number of aryl methyl sites for hydroxylation is 1. The molecule has 20 heavy (non-hydrogen) atoms. The first-order valence-corrected chi connectivity index (χ1v) is 8.35. The third-order valence-electron chi connectivity index (χ3n) is 5.89. The first kappa shape index (κ1) is 12.9. The second kappa shape index (κ2) is 4.37. The lowest BCUT2D eigenvalue weighted by Crippen LogP contribution is -2.40. The van der Waals surface area contributed by atoms with Gasteiger partial charge in [-0.1, -0.05) is 20.3 Å². The number of nitrogens with one attached hydrogen (secondary N) is 1. The number of rotatable bonds is 2. The minimum Gasteiger partial charge on any atom is -0.466 e. The summed E-state index contributed by atoms with van der Waals surface area (Å²) in [6.07, 6.45) is 8.15. The maximum absolute atomic E-state index is 5.96. The van der Waals surface area contributed by atoms with E-state index in [0.29, 0.717) is 11.5 Å². The van der Waals surface area contributed by atoms with Crippen LogP contribution < -0.4 is 5.32 Å². The molecule has 1 N–H and O–H groups in total. The highest BCUT2D eigenvalue weighted by Gasteiger charge is 2.42. The van der Waals surface area contributed by atoms with Crippen LogP contribution in [0.1, 0.15) is 69.1 Å². The van der Waals surface area contributed by atoms with E-state index in [2.05, 4.69) is 32.2 Å². The Morgan fingerprint density at radius 3 is 2.80 bits per heavy atom. The molecule has 3 aliphatic carbocycles. The molecule has 4 rings (SSSR count). The maximum Gasteiger partial charge on any atom is 0.109 e. The molecule has 3 aliphatic rings. The standard InChI is InChI=1S/C18H27NO/c1-11-6-14-16(9-18(2,3)10-17(14)20-11)19-15-8-12-4-5-13(15)7-12/h6,12-13,15-16,19H,4-5,7-10H2,1-3H3. The van der Waals surface area contributed by atoms with Gasteiger partial charge in [-0.25, -0.2) is 0 Å². The van der Waals surface area contributed by atoms with Crippen molar-refractivity contribution in [2.24, 2.45) is 17.3 Å². The monoisotopic (exact) mass is 273 g/mol. The van der Waals surface area contributed by atoms with E-state index in [-0.39, 0.29) is 0 Å². The van der Waals surface area contributed by atoms with Crippen molar-refractivity contribution in [3.8, 4) is 0 Å². The average Bonchev–Trinajstić information content (AvgIpc) is 3.01. The van der Waals surface area contributed by atoms with Crippen molar-refractivity contribution >= 4 is 0 Å². The van der Waals surface area contributed by atoms with Gasteiger partial charge in [-0.2, -0.15) is 0 Å². The lowest BCUT2D eigenvalue weighted by atomic mass is 9.74. The van der Waals surface area contributed by atoms with Crippen molar-refractivity contribution in [1.29, 1.82) is 0 Å². The summed E-state index contributed by atoms with van der Waals surface area (Å²) >= 11 is 0. The summed E-state index contributed by atoms with van der Waals surface area (Å²) in [6.45, 7) is 6.84. The molecule has 4 unspecified atom stereocenters. The van der Waals surface area contributed by atoms with Crippen LogP contribution in [0.25, 0.3) is 0 Å². The van der Waals surface area contributed by atoms with Crippen LogP contribution in [0.2, 0.25) is 0 Å². The van der Waals surface area contributed by atoms with Crippen LogP contribution >= 0.6 is 0 Å². The van der Waals surface area contributed by atoms with E-state index in [1.165, 1.54) is 43.4 Å². The molecule has 2 bridgehead atoms. The van der Waals surface area contributed by atoms with E-state index in [1.807, 2.05) is 0 Å². The fourth-order valence-corrected chi connectivity index (χ4v) is 5.04. The quantitative estimate of drug-likeness (QED) is 0.865. The van der Waals surface area contributed by atoms with Crippen LogP contribution in [0.3, 0.4) is 0 Å². The number of hydrogen-bond acceptors (Lipinski definition) is 2. The second-order valence-electron chi connectivity index (χ2n) is 8.28. The molecule has 0 aliphatic heterocycles. The fourth-order valence-electron chi connectivity index (χ4n) is 5.04. The molecular formula is C18H27NO. The van der Waals surface area contributed by atoms with Crippen molar-refractivity contribution in [2.75, 3.05) is 0 Å². The van der Waals surface area contributed by atoms with Crippen LogP contribution in [0.5, 0.6) is 0 Å². The number of furan rings is 1. The largest absolute Gasteiger partial charge is 0.466 e. The Kier molecular flexibility index (Phi) is 2.82. The molecule has 0 saturated heterocycles. The van der Waals surface area contributed by atoms with Crippen LogP contribution in [-0.2, 0) is 6.42 Å². The normalized spacial score (nSPS) is 38.1. The number of hydrogen-bond donors (Lipinski definition) is 1. The van der Waals surface area contributed by atoms with Crippen LogP contribution in [-0.4, -0.2) is 6.04 Å². The molecule has 0 amide bonds. The van der Waals surface area contributed by atoms with Gasteiger partial charge in [0.05, 0.1) is 0 Å². The third kappa shape index (κ3) is 2.13. The smallest absolute Gasteiger partial charge is 0.109 e. The average molecular weight is 273 g/mol. The molecule has 2 saturated carbocycles.